The predicted octanol–water partition coefficient (Wildman–Crippen LogP) is 4.25. The van der Waals surface area contributed by atoms with Crippen LogP contribution in [0.15, 0.2) is 60.0 Å². The van der Waals surface area contributed by atoms with Gasteiger partial charge in [-0.05, 0) is 25.0 Å². The summed E-state index contributed by atoms with van der Waals surface area (Å²) in [7, 11) is 0. The quantitative estimate of drug-likeness (QED) is 0.329. The van der Waals surface area contributed by atoms with Crippen LogP contribution in [0.5, 0.6) is 0 Å². The SMILES string of the molecule is CCCCCCCCCCC1=NC=C[N+]1(CCO)CCCC.[Cl-].c1ccc2ncccc2c1. The third-order valence-corrected chi connectivity index (χ3v) is 6.27. The molecule has 0 spiro atoms. The monoisotopic (exact) mass is 473 g/mol. The molecule has 0 aliphatic carbocycles. The average molecular weight is 474 g/mol. The summed E-state index contributed by atoms with van der Waals surface area (Å²) >= 11 is 0. The van der Waals surface area contributed by atoms with Gasteiger partial charge in [-0.3, -0.25) is 4.98 Å². The summed E-state index contributed by atoms with van der Waals surface area (Å²) in [6.07, 6.45) is 20.3. The molecule has 2 aromatic rings. The standard InChI is InChI=1S/C19H37N2O.C9H7N.ClH/c1-3-5-7-8-9-10-11-12-13-19-20-14-16-21(19,17-18-22)15-6-4-2;1-2-6-9-8(4-1)5-3-7-10-9;/h14,16,22H,3-13,15,17-18H2,1-2H3;1-7H;1H/q+1;;/p-1. The van der Waals surface area contributed by atoms with E-state index in [9.17, 15) is 5.11 Å². The van der Waals surface area contributed by atoms with Gasteiger partial charge in [0.05, 0.1) is 24.9 Å². The molecule has 184 valence electrons. The molecule has 0 radical (unpaired) electrons. The lowest BCUT2D eigenvalue weighted by molar-refractivity contribution is -0.788. The van der Waals surface area contributed by atoms with Crippen LogP contribution >= 0.6 is 0 Å². The molecule has 1 aromatic carbocycles. The van der Waals surface area contributed by atoms with Crippen LogP contribution < -0.4 is 12.4 Å². The molecular weight excluding hydrogens is 430 g/mol. The van der Waals surface area contributed by atoms with E-state index in [2.05, 4.69) is 42.2 Å². The van der Waals surface area contributed by atoms with Crippen LogP contribution in [-0.2, 0) is 0 Å². The zero-order valence-electron chi connectivity index (χ0n) is 20.8. The number of unbranched alkanes of at least 4 members (excludes halogenated alkanes) is 8. The van der Waals surface area contributed by atoms with E-state index in [1.54, 1.807) is 0 Å². The lowest BCUT2D eigenvalue weighted by atomic mass is 10.1. The first-order valence-corrected chi connectivity index (χ1v) is 12.8. The van der Waals surface area contributed by atoms with Crippen LogP contribution in [-0.4, -0.2) is 40.1 Å². The minimum atomic E-state index is 0. The second kappa shape index (κ2) is 17.7. The summed E-state index contributed by atoms with van der Waals surface area (Å²) in [6.45, 7) is 6.61. The highest BCUT2D eigenvalue weighted by Gasteiger charge is 2.33. The van der Waals surface area contributed by atoms with E-state index in [0.29, 0.717) is 0 Å². The summed E-state index contributed by atoms with van der Waals surface area (Å²) in [5.41, 5.74) is 1.06. The number of aliphatic hydroxyl groups excluding tert-OH is 1. The van der Waals surface area contributed by atoms with Crippen molar-refractivity contribution in [1.29, 1.82) is 0 Å². The molecule has 3 rings (SSSR count). The van der Waals surface area contributed by atoms with Crippen molar-refractivity contribution in [3.05, 3.63) is 55.0 Å². The fourth-order valence-electron chi connectivity index (χ4n) is 4.31. The highest BCUT2D eigenvalue weighted by molar-refractivity contribution is 5.78. The minimum absolute atomic E-state index is 0. The van der Waals surface area contributed by atoms with E-state index in [4.69, 9.17) is 0 Å². The number of amidine groups is 1. The molecule has 0 saturated carbocycles. The Morgan fingerprint density at radius 2 is 1.45 bits per heavy atom. The van der Waals surface area contributed by atoms with Crippen LogP contribution in [0.25, 0.3) is 10.9 Å². The van der Waals surface area contributed by atoms with E-state index in [0.717, 1.165) is 29.5 Å². The van der Waals surface area contributed by atoms with Crippen molar-refractivity contribution >= 4 is 16.7 Å². The summed E-state index contributed by atoms with van der Waals surface area (Å²) in [5, 5.41) is 10.6. The van der Waals surface area contributed by atoms with Gasteiger partial charge < -0.3 is 17.5 Å². The largest absolute Gasteiger partial charge is 1.00 e. The molecule has 1 aromatic heterocycles. The fourth-order valence-corrected chi connectivity index (χ4v) is 4.31. The Morgan fingerprint density at radius 3 is 2.15 bits per heavy atom. The van der Waals surface area contributed by atoms with E-state index in [1.165, 1.54) is 75.4 Å². The van der Waals surface area contributed by atoms with E-state index >= 15 is 0 Å². The van der Waals surface area contributed by atoms with Gasteiger partial charge in [-0.15, -0.1) is 0 Å². The number of aliphatic imine (C=N–C) groups is 1. The maximum Gasteiger partial charge on any atom is 0.207 e. The first-order chi connectivity index (χ1) is 15.8. The van der Waals surface area contributed by atoms with Crippen molar-refractivity contribution in [3.63, 3.8) is 0 Å². The number of aliphatic hydroxyl groups is 1. The Kier molecular flexibility index (Phi) is 15.7. The fraction of sp³-hybridized carbons (Fsp3) is 0.571. The Bertz CT molecular complexity index is 758. The number of para-hydroxylation sites is 1. The molecule has 2 heterocycles. The van der Waals surface area contributed by atoms with Gasteiger partial charge in [-0.25, -0.2) is 9.48 Å². The molecule has 1 unspecified atom stereocenters. The topological polar surface area (TPSA) is 45.5 Å². The zero-order chi connectivity index (χ0) is 22.9. The molecular formula is C28H44ClN3O. The van der Waals surface area contributed by atoms with Crippen molar-refractivity contribution < 1.29 is 22.0 Å². The molecule has 1 aliphatic heterocycles. The first-order valence-electron chi connectivity index (χ1n) is 12.8. The highest BCUT2D eigenvalue weighted by atomic mass is 35.5. The van der Waals surface area contributed by atoms with Gasteiger partial charge in [0, 0.05) is 18.0 Å². The number of rotatable bonds is 14. The third-order valence-electron chi connectivity index (χ3n) is 6.27. The number of quaternary nitrogens is 1. The number of hydrogen-bond donors (Lipinski definition) is 1. The van der Waals surface area contributed by atoms with Gasteiger partial charge in [0.25, 0.3) is 0 Å². The number of pyridine rings is 1. The summed E-state index contributed by atoms with van der Waals surface area (Å²) in [4.78, 5) is 8.80. The van der Waals surface area contributed by atoms with Crippen molar-refractivity contribution in [2.45, 2.75) is 84.5 Å². The van der Waals surface area contributed by atoms with Crippen LogP contribution in [0.3, 0.4) is 0 Å². The number of fused-ring (bicyclic) bond motifs is 1. The number of aromatic nitrogens is 1. The lowest BCUT2D eigenvalue weighted by Crippen LogP contribution is -3.00. The second-order valence-corrected chi connectivity index (χ2v) is 8.82. The van der Waals surface area contributed by atoms with Crippen LogP contribution in [0.2, 0.25) is 0 Å². The summed E-state index contributed by atoms with van der Waals surface area (Å²) in [6, 6.07) is 12.1. The molecule has 0 amide bonds. The summed E-state index contributed by atoms with van der Waals surface area (Å²) < 4.78 is 0.806. The minimum Gasteiger partial charge on any atom is -1.00 e. The Hall–Kier alpha value is -1.75. The van der Waals surface area contributed by atoms with Crippen molar-refractivity contribution in [2.24, 2.45) is 4.99 Å². The molecule has 0 fully saturated rings. The number of benzene rings is 1. The Morgan fingerprint density at radius 1 is 0.788 bits per heavy atom. The number of halogens is 1. The molecule has 4 nitrogen and oxygen atoms in total. The Labute approximate surface area is 207 Å². The maximum absolute atomic E-state index is 9.42. The molecule has 33 heavy (non-hydrogen) atoms. The summed E-state index contributed by atoms with van der Waals surface area (Å²) in [5.74, 6) is 1.27. The third kappa shape index (κ3) is 10.4. The first kappa shape index (κ1) is 29.3. The van der Waals surface area contributed by atoms with Gasteiger partial charge in [0.15, 0.2) is 0 Å². The molecule has 1 atom stereocenters. The molecule has 0 saturated heterocycles. The van der Waals surface area contributed by atoms with Gasteiger partial charge >= 0.3 is 0 Å². The smallest absolute Gasteiger partial charge is 0.207 e. The van der Waals surface area contributed by atoms with Crippen molar-refractivity contribution in [2.75, 3.05) is 19.7 Å². The molecule has 1 N–H and O–H groups in total. The maximum atomic E-state index is 9.42. The van der Waals surface area contributed by atoms with E-state index in [1.807, 2.05) is 36.7 Å². The molecule has 5 heteroatoms. The zero-order valence-corrected chi connectivity index (χ0v) is 21.5. The molecule has 0 bridgehead atoms. The van der Waals surface area contributed by atoms with Crippen molar-refractivity contribution in [3.8, 4) is 0 Å². The van der Waals surface area contributed by atoms with Gasteiger partial charge in [-0.1, -0.05) is 89.5 Å². The average Bonchev–Trinajstić information content (AvgIpc) is 3.22. The van der Waals surface area contributed by atoms with Crippen LogP contribution in [0, 0.1) is 0 Å². The second-order valence-electron chi connectivity index (χ2n) is 8.82. The normalized spacial score (nSPS) is 16.8. The highest BCUT2D eigenvalue weighted by Crippen LogP contribution is 2.22. The van der Waals surface area contributed by atoms with Crippen molar-refractivity contribution in [1.82, 2.24) is 4.98 Å². The van der Waals surface area contributed by atoms with Gasteiger partial charge in [0.1, 0.15) is 12.7 Å². The van der Waals surface area contributed by atoms with Crippen LogP contribution in [0.4, 0.5) is 0 Å². The Balaban J connectivity index is 0.000000409. The number of hydrogen-bond acceptors (Lipinski definition) is 3. The van der Waals surface area contributed by atoms with E-state index < -0.39 is 0 Å². The molecule has 1 aliphatic rings. The van der Waals surface area contributed by atoms with Gasteiger partial charge in [-0.2, -0.15) is 0 Å². The van der Waals surface area contributed by atoms with E-state index in [-0.39, 0.29) is 19.0 Å². The van der Waals surface area contributed by atoms with Gasteiger partial charge in [0.2, 0.25) is 5.84 Å². The predicted molar refractivity (Wildman–Crippen MR) is 138 cm³/mol. The lowest BCUT2D eigenvalue weighted by Gasteiger charge is -2.32. The van der Waals surface area contributed by atoms with Crippen LogP contribution in [0.1, 0.15) is 84.5 Å². The number of nitrogens with zero attached hydrogens (tertiary/aromatic N) is 3.